The summed E-state index contributed by atoms with van der Waals surface area (Å²) in [7, 11) is 0. The van der Waals surface area contributed by atoms with Crippen molar-refractivity contribution in [3.05, 3.63) is 71.3 Å². The molecule has 3 rings (SSSR count). The van der Waals surface area contributed by atoms with Gasteiger partial charge >= 0.3 is 6.03 Å². The van der Waals surface area contributed by atoms with Crippen molar-refractivity contribution in [1.82, 2.24) is 15.8 Å². The smallest absolute Gasteiger partial charge is 0.322 e. The number of amides is 4. The van der Waals surface area contributed by atoms with Crippen LogP contribution in [0.3, 0.4) is 0 Å². The summed E-state index contributed by atoms with van der Waals surface area (Å²) in [6.07, 6.45) is 1.96. The Bertz CT molecular complexity index is 849. The Morgan fingerprint density at radius 2 is 1.70 bits per heavy atom. The van der Waals surface area contributed by atoms with Gasteiger partial charge in [0.25, 0.3) is 11.8 Å². The van der Waals surface area contributed by atoms with Crippen LogP contribution in [0.1, 0.15) is 41.8 Å². The highest BCUT2D eigenvalue weighted by atomic mass is 16.2. The zero-order chi connectivity index (χ0) is 19.4. The van der Waals surface area contributed by atoms with E-state index in [9.17, 15) is 14.4 Å². The molecule has 0 aliphatic carbocycles. The van der Waals surface area contributed by atoms with E-state index in [0.29, 0.717) is 18.4 Å². The number of hydrogen-bond acceptors (Lipinski definition) is 3. The fraction of sp³-hybridized carbons (Fsp3) is 0.286. The predicted molar refractivity (Wildman–Crippen MR) is 102 cm³/mol. The van der Waals surface area contributed by atoms with E-state index in [1.165, 1.54) is 0 Å². The molecule has 0 bridgehead atoms. The van der Waals surface area contributed by atoms with Gasteiger partial charge in [-0.2, -0.15) is 5.01 Å². The van der Waals surface area contributed by atoms with E-state index in [-0.39, 0.29) is 0 Å². The van der Waals surface area contributed by atoms with Gasteiger partial charge in [-0.05, 0) is 49.4 Å². The molecular weight excluding hydrogens is 342 g/mol. The molecule has 2 aromatic carbocycles. The van der Waals surface area contributed by atoms with Gasteiger partial charge in [0.05, 0.1) is 0 Å². The van der Waals surface area contributed by atoms with Gasteiger partial charge < -0.3 is 5.32 Å². The van der Waals surface area contributed by atoms with E-state index in [1.807, 2.05) is 49.4 Å². The number of carbonyl (C=O) groups is 3. The molecular formula is C21H23N3O3. The van der Waals surface area contributed by atoms with Crippen LogP contribution in [-0.4, -0.2) is 28.4 Å². The molecule has 1 unspecified atom stereocenters. The number of aryl methyl sites for hydroxylation is 2. The quantitative estimate of drug-likeness (QED) is 0.773. The molecule has 1 aliphatic heterocycles. The van der Waals surface area contributed by atoms with Crippen LogP contribution >= 0.6 is 0 Å². The minimum atomic E-state index is -1.05. The van der Waals surface area contributed by atoms with Crippen molar-refractivity contribution in [2.75, 3.05) is 0 Å². The van der Waals surface area contributed by atoms with E-state index < -0.39 is 23.4 Å². The summed E-state index contributed by atoms with van der Waals surface area (Å²) in [5.41, 5.74) is 3.95. The number of hydrogen-bond donors (Lipinski definition) is 2. The Morgan fingerprint density at radius 1 is 1.04 bits per heavy atom. The molecule has 1 atom stereocenters. The Morgan fingerprint density at radius 3 is 2.33 bits per heavy atom. The zero-order valence-electron chi connectivity index (χ0n) is 15.5. The van der Waals surface area contributed by atoms with Gasteiger partial charge in [-0.1, -0.05) is 49.4 Å². The van der Waals surface area contributed by atoms with Crippen molar-refractivity contribution < 1.29 is 14.4 Å². The third-order valence-corrected chi connectivity index (χ3v) is 4.86. The van der Waals surface area contributed by atoms with Crippen molar-refractivity contribution in [3.63, 3.8) is 0 Å². The molecule has 1 heterocycles. The lowest BCUT2D eigenvalue weighted by Gasteiger charge is -2.21. The molecule has 0 radical (unpaired) electrons. The van der Waals surface area contributed by atoms with E-state index in [0.717, 1.165) is 22.6 Å². The third kappa shape index (κ3) is 4.00. The maximum atomic E-state index is 12.8. The first kappa shape index (κ1) is 18.6. The van der Waals surface area contributed by atoms with Crippen molar-refractivity contribution in [2.45, 2.75) is 38.6 Å². The number of rotatable bonds is 6. The van der Waals surface area contributed by atoms with Crippen LogP contribution in [-0.2, 0) is 17.6 Å². The molecule has 1 fully saturated rings. The van der Waals surface area contributed by atoms with Crippen molar-refractivity contribution in [1.29, 1.82) is 0 Å². The highest BCUT2D eigenvalue weighted by Crippen LogP contribution is 2.22. The summed E-state index contributed by atoms with van der Waals surface area (Å²) in [5, 5.41) is 3.48. The first-order valence-electron chi connectivity index (χ1n) is 9.03. The average molecular weight is 365 g/mol. The van der Waals surface area contributed by atoms with Crippen molar-refractivity contribution in [3.8, 4) is 0 Å². The number of nitrogens with one attached hydrogen (secondary N) is 2. The largest absolute Gasteiger partial charge is 0.344 e. The van der Waals surface area contributed by atoms with Crippen LogP contribution in [0.2, 0.25) is 0 Å². The summed E-state index contributed by atoms with van der Waals surface area (Å²) in [6.45, 7) is 3.71. The van der Waals surface area contributed by atoms with Crippen LogP contribution < -0.4 is 10.7 Å². The lowest BCUT2D eigenvalue weighted by Crippen LogP contribution is -2.48. The second-order valence-electron chi connectivity index (χ2n) is 6.88. The number of carbonyl (C=O) groups excluding carboxylic acids is 3. The monoisotopic (exact) mass is 365 g/mol. The minimum absolute atomic E-state index is 0.394. The topological polar surface area (TPSA) is 78.5 Å². The van der Waals surface area contributed by atoms with Gasteiger partial charge in [0, 0.05) is 5.56 Å². The highest BCUT2D eigenvalue weighted by molar-refractivity contribution is 6.09. The SMILES string of the molecule is CCc1ccc(C(=O)NN2C(=O)NC(C)(CCc3ccccc3)C2=O)cc1. The zero-order valence-corrected chi connectivity index (χ0v) is 15.5. The van der Waals surface area contributed by atoms with Crippen molar-refractivity contribution in [2.24, 2.45) is 0 Å². The Hall–Kier alpha value is -3.15. The molecule has 0 spiro atoms. The van der Waals surface area contributed by atoms with Crippen LogP contribution in [0.25, 0.3) is 0 Å². The van der Waals surface area contributed by atoms with Gasteiger partial charge in [0.2, 0.25) is 0 Å². The van der Waals surface area contributed by atoms with Crippen LogP contribution in [0.5, 0.6) is 0 Å². The summed E-state index contributed by atoms with van der Waals surface area (Å²) < 4.78 is 0. The van der Waals surface area contributed by atoms with Gasteiger partial charge in [-0.3, -0.25) is 15.0 Å². The number of benzene rings is 2. The summed E-state index contributed by atoms with van der Waals surface area (Å²) in [4.78, 5) is 37.4. The molecule has 0 aromatic heterocycles. The molecule has 140 valence electrons. The van der Waals surface area contributed by atoms with E-state index in [1.54, 1.807) is 19.1 Å². The number of imide groups is 1. The lowest BCUT2D eigenvalue weighted by atomic mass is 9.93. The second-order valence-corrected chi connectivity index (χ2v) is 6.88. The maximum absolute atomic E-state index is 12.8. The fourth-order valence-corrected chi connectivity index (χ4v) is 3.05. The van der Waals surface area contributed by atoms with E-state index in [4.69, 9.17) is 0 Å². The predicted octanol–water partition coefficient (Wildman–Crippen LogP) is 2.84. The fourth-order valence-electron chi connectivity index (χ4n) is 3.05. The van der Waals surface area contributed by atoms with E-state index in [2.05, 4.69) is 10.7 Å². The van der Waals surface area contributed by atoms with Crippen LogP contribution in [0, 0.1) is 0 Å². The molecule has 0 saturated carbocycles. The summed E-state index contributed by atoms with van der Waals surface area (Å²) in [6, 6.07) is 16.2. The van der Waals surface area contributed by atoms with Crippen molar-refractivity contribution >= 4 is 17.8 Å². The van der Waals surface area contributed by atoms with Crippen LogP contribution in [0.4, 0.5) is 4.79 Å². The molecule has 1 saturated heterocycles. The Labute approximate surface area is 158 Å². The Kier molecular flexibility index (Phi) is 5.26. The van der Waals surface area contributed by atoms with Gasteiger partial charge in [0.1, 0.15) is 5.54 Å². The minimum Gasteiger partial charge on any atom is -0.322 e. The lowest BCUT2D eigenvalue weighted by molar-refractivity contribution is -0.132. The summed E-state index contributed by atoms with van der Waals surface area (Å²) >= 11 is 0. The third-order valence-electron chi connectivity index (χ3n) is 4.86. The van der Waals surface area contributed by atoms with Gasteiger partial charge in [-0.15, -0.1) is 0 Å². The molecule has 6 nitrogen and oxygen atoms in total. The number of nitrogens with zero attached hydrogens (tertiary/aromatic N) is 1. The molecule has 4 amide bonds. The molecule has 27 heavy (non-hydrogen) atoms. The standard InChI is InChI=1S/C21H23N3O3/c1-3-15-9-11-17(12-10-15)18(25)23-24-19(26)21(2,22-20(24)27)14-13-16-7-5-4-6-8-16/h4-12H,3,13-14H2,1-2H3,(H,22,27)(H,23,25). The molecule has 2 aromatic rings. The average Bonchev–Trinajstić information content (AvgIpc) is 2.90. The van der Waals surface area contributed by atoms with E-state index >= 15 is 0 Å². The second kappa shape index (κ2) is 7.61. The molecule has 1 aliphatic rings. The first-order chi connectivity index (χ1) is 12.9. The Balaban J connectivity index is 1.66. The number of urea groups is 1. The maximum Gasteiger partial charge on any atom is 0.344 e. The summed E-state index contributed by atoms with van der Waals surface area (Å²) in [5.74, 6) is -0.949. The normalized spacial score (nSPS) is 19.1. The first-order valence-corrected chi connectivity index (χ1v) is 9.03. The number of hydrazine groups is 1. The van der Waals surface area contributed by atoms with Gasteiger partial charge in [-0.25, -0.2) is 4.79 Å². The van der Waals surface area contributed by atoms with Gasteiger partial charge in [0.15, 0.2) is 0 Å². The highest BCUT2D eigenvalue weighted by Gasteiger charge is 2.48. The van der Waals surface area contributed by atoms with Crippen LogP contribution in [0.15, 0.2) is 54.6 Å². The molecule has 2 N–H and O–H groups in total. The molecule has 6 heteroatoms.